The van der Waals surface area contributed by atoms with Crippen LogP contribution in [0.1, 0.15) is 35.1 Å². The Morgan fingerprint density at radius 3 is 2.76 bits per heavy atom. The lowest BCUT2D eigenvalue weighted by molar-refractivity contribution is -0.121. The average molecular weight is 304 g/mol. The van der Waals surface area contributed by atoms with Gasteiger partial charge in [0.05, 0.1) is 23.2 Å². The summed E-state index contributed by atoms with van der Waals surface area (Å²) >= 11 is 1.55. The fourth-order valence-corrected chi connectivity index (χ4v) is 2.81. The number of thiazole rings is 1. The maximum Gasteiger partial charge on any atom is 0.226 e. The van der Waals surface area contributed by atoms with Crippen molar-refractivity contribution >= 4 is 17.2 Å². The molecule has 0 bridgehead atoms. The van der Waals surface area contributed by atoms with Crippen molar-refractivity contribution in [2.45, 2.75) is 32.2 Å². The minimum Gasteiger partial charge on any atom is -0.396 e. The highest BCUT2D eigenvalue weighted by Crippen LogP contribution is 2.18. The largest absolute Gasteiger partial charge is 0.396 e. The van der Waals surface area contributed by atoms with Crippen molar-refractivity contribution in [3.63, 3.8) is 0 Å². The zero-order chi connectivity index (χ0) is 15.1. The second-order valence-corrected chi connectivity index (χ2v) is 5.99. The zero-order valence-electron chi connectivity index (χ0n) is 12.1. The van der Waals surface area contributed by atoms with E-state index in [4.69, 9.17) is 5.11 Å². The number of nitrogens with one attached hydrogen (secondary N) is 1. The molecular formula is C16H20N2O2S. The van der Waals surface area contributed by atoms with Crippen LogP contribution in [-0.4, -0.2) is 22.6 Å². The van der Waals surface area contributed by atoms with Crippen molar-refractivity contribution in [1.29, 1.82) is 0 Å². The average Bonchev–Trinajstić information content (AvgIpc) is 2.89. The molecule has 0 radical (unpaired) electrons. The van der Waals surface area contributed by atoms with Crippen LogP contribution < -0.4 is 5.32 Å². The van der Waals surface area contributed by atoms with Crippen molar-refractivity contribution in [2.75, 3.05) is 6.61 Å². The normalized spacial score (nSPS) is 12.1. The second kappa shape index (κ2) is 7.90. The smallest absolute Gasteiger partial charge is 0.226 e. The number of aromatic nitrogens is 1. The van der Waals surface area contributed by atoms with Crippen LogP contribution in [0.5, 0.6) is 0 Å². The van der Waals surface area contributed by atoms with E-state index in [1.54, 1.807) is 11.3 Å². The first-order chi connectivity index (χ1) is 10.2. The maximum atomic E-state index is 12.2. The van der Waals surface area contributed by atoms with E-state index >= 15 is 0 Å². The summed E-state index contributed by atoms with van der Waals surface area (Å²) < 4.78 is 0. The molecule has 1 heterocycles. The molecule has 0 saturated carbocycles. The molecule has 1 aromatic carbocycles. The molecular weight excluding hydrogens is 284 g/mol. The number of hydrogen-bond donors (Lipinski definition) is 2. The van der Waals surface area contributed by atoms with Crippen LogP contribution in [0.4, 0.5) is 0 Å². The Labute approximate surface area is 128 Å². The molecule has 1 amide bonds. The molecule has 5 heteroatoms. The summed E-state index contributed by atoms with van der Waals surface area (Å²) in [4.78, 5) is 16.5. The Balaban J connectivity index is 1.99. The monoisotopic (exact) mass is 304 g/mol. The molecule has 0 aliphatic rings. The summed E-state index contributed by atoms with van der Waals surface area (Å²) in [6, 6.07) is 9.79. The Bertz CT molecular complexity index is 569. The van der Waals surface area contributed by atoms with Crippen LogP contribution in [0, 0.1) is 6.92 Å². The third kappa shape index (κ3) is 4.95. The molecule has 0 spiro atoms. The number of hydrogen-bond acceptors (Lipinski definition) is 4. The first kappa shape index (κ1) is 15.7. The summed E-state index contributed by atoms with van der Waals surface area (Å²) in [5, 5.41) is 14.9. The highest BCUT2D eigenvalue weighted by Gasteiger charge is 2.15. The molecule has 112 valence electrons. The van der Waals surface area contributed by atoms with Gasteiger partial charge in [0.2, 0.25) is 5.91 Å². The quantitative estimate of drug-likeness (QED) is 0.826. The summed E-state index contributed by atoms with van der Waals surface area (Å²) in [5.41, 5.74) is 1.87. The summed E-state index contributed by atoms with van der Waals surface area (Å²) in [6.07, 6.45) is 1.69. The predicted molar refractivity (Wildman–Crippen MR) is 84.2 cm³/mol. The van der Waals surface area contributed by atoms with Crippen LogP contribution in [-0.2, 0) is 11.2 Å². The highest BCUT2D eigenvalue weighted by atomic mass is 32.1. The first-order valence-electron chi connectivity index (χ1n) is 7.05. The number of carbonyl (C=O) groups excluding carboxylic acids is 1. The van der Waals surface area contributed by atoms with E-state index in [2.05, 4.69) is 10.3 Å². The zero-order valence-corrected chi connectivity index (χ0v) is 12.9. The van der Waals surface area contributed by atoms with Gasteiger partial charge in [0, 0.05) is 12.0 Å². The lowest BCUT2D eigenvalue weighted by Gasteiger charge is -2.18. The van der Waals surface area contributed by atoms with Gasteiger partial charge in [-0.1, -0.05) is 30.3 Å². The first-order valence-corrected chi connectivity index (χ1v) is 7.93. The summed E-state index contributed by atoms with van der Waals surface area (Å²) in [5.74, 6) is -0.0351. The molecule has 0 saturated heterocycles. The number of benzene rings is 1. The van der Waals surface area contributed by atoms with Crippen LogP contribution in [0.25, 0.3) is 0 Å². The van der Waals surface area contributed by atoms with E-state index in [-0.39, 0.29) is 18.6 Å². The lowest BCUT2D eigenvalue weighted by atomic mass is 10.0. The van der Waals surface area contributed by atoms with Crippen LogP contribution in [0.3, 0.4) is 0 Å². The number of amides is 1. The van der Waals surface area contributed by atoms with E-state index < -0.39 is 0 Å². The van der Waals surface area contributed by atoms with Gasteiger partial charge >= 0.3 is 0 Å². The van der Waals surface area contributed by atoms with Crippen LogP contribution in [0.15, 0.2) is 35.7 Å². The van der Waals surface area contributed by atoms with Gasteiger partial charge in [-0.05, 0) is 25.3 Å². The molecule has 0 aliphatic carbocycles. The third-order valence-electron chi connectivity index (χ3n) is 3.20. The standard InChI is InChI=1S/C16H20N2O2S/c1-12-17-14(11-21-12)10-16(20)18-15(8-5-9-19)13-6-3-2-4-7-13/h2-4,6-7,11,15,19H,5,8-10H2,1H3,(H,18,20). The molecule has 21 heavy (non-hydrogen) atoms. The highest BCUT2D eigenvalue weighted by molar-refractivity contribution is 7.09. The SMILES string of the molecule is Cc1nc(CC(=O)NC(CCCO)c2ccccc2)cs1. The molecule has 1 atom stereocenters. The predicted octanol–water partition coefficient (Wildman–Crippen LogP) is 2.62. The molecule has 4 nitrogen and oxygen atoms in total. The number of carbonyl (C=O) groups is 1. The lowest BCUT2D eigenvalue weighted by Crippen LogP contribution is -2.30. The van der Waals surface area contributed by atoms with Gasteiger partial charge in [0.25, 0.3) is 0 Å². The van der Waals surface area contributed by atoms with Gasteiger partial charge in [-0.2, -0.15) is 0 Å². The van der Waals surface area contributed by atoms with Gasteiger partial charge in [-0.3, -0.25) is 4.79 Å². The minimum atomic E-state index is -0.0643. The van der Waals surface area contributed by atoms with Crippen molar-refractivity contribution in [2.24, 2.45) is 0 Å². The van der Waals surface area contributed by atoms with Crippen LogP contribution >= 0.6 is 11.3 Å². The van der Waals surface area contributed by atoms with Gasteiger partial charge < -0.3 is 10.4 Å². The van der Waals surface area contributed by atoms with Gasteiger partial charge in [0.1, 0.15) is 0 Å². The number of nitrogens with zero attached hydrogens (tertiary/aromatic N) is 1. The van der Waals surface area contributed by atoms with Crippen molar-refractivity contribution in [1.82, 2.24) is 10.3 Å². The molecule has 1 aromatic heterocycles. The van der Waals surface area contributed by atoms with Crippen molar-refractivity contribution < 1.29 is 9.90 Å². The van der Waals surface area contributed by atoms with E-state index in [0.717, 1.165) is 22.7 Å². The summed E-state index contributed by atoms with van der Waals surface area (Å²) in [6.45, 7) is 2.06. The van der Waals surface area contributed by atoms with E-state index in [0.29, 0.717) is 12.8 Å². The Hall–Kier alpha value is -1.72. The molecule has 2 N–H and O–H groups in total. The van der Waals surface area contributed by atoms with Gasteiger partial charge in [-0.15, -0.1) is 11.3 Å². The van der Waals surface area contributed by atoms with E-state index in [9.17, 15) is 4.79 Å². The maximum absolute atomic E-state index is 12.2. The molecule has 1 unspecified atom stereocenters. The van der Waals surface area contributed by atoms with E-state index in [1.807, 2.05) is 42.6 Å². The number of aliphatic hydroxyl groups excluding tert-OH is 1. The van der Waals surface area contributed by atoms with Crippen molar-refractivity contribution in [3.8, 4) is 0 Å². The molecule has 0 fully saturated rings. The Morgan fingerprint density at radius 2 is 2.14 bits per heavy atom. The fraction of sp³-hybridized carbons (Fsp3) is 0.375. The summed E-state index contributed by atoms with van der Waals surface area (Å²) in [7, 11) is 0. The topological polar surface area (TPSA) is 62.2 Å². The van der Waals surface area contributed by atoms with Crippen molar-refractivity contribution in [3.05, 3.63) is 52.0 Å². The number of aryl methyl sites for hydroxylation is 1. The molecule has 2 rings (SSSR count). The number of aliphatic hydroxyl groups is 1. The van der Waals surface area contributed by atoms with Gasteiger partial charge in [0.15, 0.2) is 0 Å². The molecule has 2 aromatic rings. The Kier molecular flexibility index (Phi) is 5.90. The Morgan fingerprint density at radius 1 is 1.38 bits per heavy atom. The fourth-order valence-electron chi connectivity index (χ4n) is 2.20. The third-order valence-corrected chi connectivity index (χ3v) is 4.02. The minimum absolute atomic E-state index is 0.0351. The van der Waals surface area contributed by atoms with Crippen LogP contribution in [0.2, 0.25) is 0 Å². The van der Waals surface area contributed by atoms with Gasteiger partial charge in [-0.25, -0.2) is 4.98 Å². The number of rotatable bonds is 7. The second-order valence-electron chi connectivity index (χ2n) is 4.93. The molecule has 0 aliphatic heterocycles. The van der Waals surface area contributed by atoms with E-state index in [1.165, 1.54) is 0 Å².